The second-order valence-corrected chi connectivity index (χ2v) is 9.64. The lowest BCUT2D eigenvalue weighted by Crippen LogP contribution is -2.49. The number of fused-ring (bicyclic) bond motifs is 2. The van der Waals surface area contributed by atoms with Crippen molar-refractivity contribution in [1.29, 1.82) is 0 Å². The van der Waals surface area contributed by atoms with Gasteiger partial charge in [-0.1, -0.05) is 17.7 Å². The fraction of sp³-hybridized carbons (Fsp3) is 0.304. The van der Waals surface area contributed by atoms with E-state index in [-0.39, 0.29) is 5.54 Å². The number of benzene rings is 1. The molecule has 0 radical (unpaired) electrons. The highest BCUT2D eigenvalue weighted by molar-refractivity contribution is 7.14. The van der Waals surface area contributed by atoms with Crippen LogP contribution in [-0.2, 0) is 0 Å². The van der Waals surface area contributed by atoms with Crippen LogP contribution in [0, 0.1) is 0 Å². The zero-order valence-electron chi connectivity index (χ0n) is 15.4. The van der Waals surface area contributed by atoms with Crippen LogP contribution in [0.2, 0.25) is 0 Å². The van der Waals surface area contributed by atoms with Crippen LogP contribution in [0.25, 0.3) is 5.57 Å². The van der Waals surface area contributed by atoms with Gasteiger partial charge in [0.1, 0.15) is 5.75 Å². The third-order valence-corrected chi connectivity index (χ3v) is 7.63. The molecule has 2 nitrogen and oxygen atoms in total. The molecule has 138 valence electrons. The molecule has 2 aliphatic heterocycles. The number of nitrogens with zero attached hydrogens (tertiary/aromatic N) is 1. The monoisotopic (exact) mass is 393 g/mol. The first-order valence-corrected chi connectivity index (χ1v) is 11.3. The second kappa shape index (κ2) is 6.54. The van der Waals surface area contributed by atoms with Crippen molar-refractivity contribution in [2.24, 2.45) is 0 Å². The zero-order chi connectivity index (χ0) is 18.4. The fourth-order valence-corrected chi connectivity index (χ4v) is 6.62. The van der Waals surface area contributed by atoms with E-state index in [1.165, 1.54) is 34.6 Å². The number of piperidine rings is 1. The van der Waals surface area contributed by atoms with Crippen LogP contribution >= 0.6 is 22.7 Å². The Balaban J connectivity index is 1.62. The van der Waals surface area contributed by atoms with Gasteiger partial charge in [0.05, 0.1) is 5.00 Å². The van der Waals surface area contributed by atoms with Gasteiger partial charge in [-0.25, -0.2) is 0 Å². The number of phenols is 1. The predicted molar refractivity (Wildman–Crippen MR) is 116 cm³/mol. The largest absolute Gasteiger partial charge is 0.508 e. The summed E-state index contributed by atoms with van der Waals surface area (Å²) in [6.45, 7) is 2.43. The number of rotatable bonds is 3. The van der Waals surface area contributed by atoms with Gasteiger partial charge in [-0.3, -0.25) is 0 Å². The highest BCUT2D eigenvalue weighted by Crippen LogP contribution is 2.51. The molecule has 0 amide bonds. The molecule has 1 aromatic carbocycles. The lowest BCUT2D eigenvalue weighted by Gasteiger charge is -2.45. The average Bonchev–Trinajstić information content (AvgIpc) is 3.36. The van der Waals surface area contributed by atoms with Crippen molar-refractivity contribution in [2.75, 3.05) is 4.90 Å². The molecule has 2 fully saturated rings. The van der Waals surface area contributed by atoms with Crippen LogP contribution in [0.4, 0.5) is 5.00 Å². The van der Waals surface area contributed by atoms with E-state index in [0.717, 1.165) is 18.4 Å². The zero-order valence-corrected chi connectivity index (χ0v) is 17.0. The van der Waals surface area contributed by atoms with Gasteiger partial charge < -0.3 is 10.0 Å². The van der Waals surface area contributed by atoms with Gasteiger partial charge in [0.25, 0.3) is 0 Å². The summed E-state index contributed by atoms with van der Waals surface area (Å²) in [6.07, 6.45) is 4.70. The average molecular weight is 394 g/mol. The van der Waals surface area contributed by atoms with E-state index in [4.69, 9.17) is 0 Å². The van der Waals surface area contributed by atoms with E-state index in [0.29, 0.717) is 11.8 Å². The Morgan fingerprint density at radius 3 is 2.78 bits per heavy atom. The summed E-state index contributed by atoms with van der Waals surface area (Å²) in [5.74, 6) is 0.339. The van der Waals surface area contributed by atoms with Gasteiger partial charge in [0, 0.05) is 11.6 Å². The van der Waals surface area contributed by atoms with Gasteiger partial charge in [0.15, 0.2) is 0 Å². The maximum atomic E-state index is 10.1. The normalized spacial score (nSPS) is 26.4. The second-order valence-electron chi connectivity index (χ2n) is 7.93. The van der Waals surface area contributed by atoms with Gasteiger partial charge >= 0.3 is 0 Å². The Labute approximate surface area is 168 Å². The molecule has 2 atom stereocenters. The van der Waals surface area contributed by atoms with Crippen LogP contribution in [0.1, 0.15) is 43.7 Å². The molecular weight excluding hydrogens is 370 g/mol. The van der Waals surface area contributed by atoms with Crippen molar-refractivity contribution in [3.05, 3.63) is 75.3 Å². The molecule has 3 aromatic rings. The first-order chi connectivity index (χ1) is 13.1. The Morgan fingerprint density at radius 2 is 2.07 bits per heavy atom. The SMILES string of the molecule is CC12CCC(CC(=C(c3ccsc3)c3cccc(O)c3)C1)N2c1cccs1. The van der Waals surface area contributed by atoms with Crippen molar-refractivity contribution in [2.45, 2.75) is 44.2 Å². The van der Waals surface area contributed by atoms with E-state index in [9.17, 15) is 5.11 Å². The molecule has 0 aliphatic carbocycles. The summed E-state index contributed by atoms with van der Waals surface area (Å²) in [4.78, 5) is 2.69. The van der Waals surface area contributed by atoms with Crippen molar-refractivity contribution in [3.8, 4) is 5.75 Å². The molecule has 4 heterocycles. The standard InChI is InChI=1S/C23H23NOS2/c1-23-9-7-19(24(23)21-6-3-10-27-21)12-18(14-23)22(17-8-11-26-15-17)16-4-2-5-20(25)13-16/h2-6,8,10-11,13,15,19,25H,7,9,12,14H2,1H3. The topological polar surface area (TPSA) is 23.5 Å². The lowest BCUT2D eigenvalue weighted by molar-refractivity contribution is 0.419. The summed E-state index contributed by atoms with van der Waals surface area (Å²) < 4.78 is 0. The molecule has 0 spiro atoms. The lowest BCUT2D eigenvalue weighted by atomic mass is 9.81. The van der Waals surface area contributed by atoms with Gasteiger partial charge in [-0.2, -0.15) is 11.3 Å². The minimum Gasteiger partial charge on any atom is -0.508 e. The number of aromatic hydroxyl groups is 1. The quantitative estimate of drug-likeness (QED) is 0.546. The van der Waals surface area contributed by atoms with Crippen LogP contribution in [0.15, 0.2) is 64.2 Å². The van der Waals surface area contributed by atoms with Crippen molar-refractivity contribution < 1.29 is 5.11 Å². The molecule has 2 saturated heterocycles. The molecule has 0 saturated carbocycles. The molecule has 1 N–H and O–H groups in total. The number of anilines is 1. The number of thiophene rings is 2. The fourth-order valence-electron chi connectivity index (χ4n) is 5.04. The molecule has 4 heteroatoms. The summed E-state index contributed by atoms with van der Waals surface area (Å²) >= 11 is 3.60. The molecule has 2 aliphatic rings. The summed E-state index contributed by atoms with van der Waals surface area (Å²) in [6, 6.07) is 15.0. The van der Waals surface area contributed by atoms with Crippen molar-refractivity contribution >= 4 is 33.2 Å². The van der Waals surface area contributed by atoms with Gasteiger partial charge in [-0.15, -0.1) is 11.3 Å². The maximum Gasteiger partial charge on any atom is 0.116 e. The predicted octanol–water partition coefficient (Wildman–Crippen LogP) is 6.54. The molecule has 2 unspecified atom stereocenters. The minimum atomic E-state index is 0.182. The molecule has 2 bridgehead atoms. The van der Waals surface area contributed by atoms with E-state index in [1.54, 1.807) is 17.4 Å². The van der Waals surface area contributed by atoms with Crippen molar-refractivity contribution in [1.82, 2.24) is 0 Å². The minimum absolute atomic E-state index is 0.182. The first kappa shape index (κ1) is 17.1. The molecule has 2 aromatic heterocycles. The molecule has 27 heavy (non-hydrogen) atoms. The van der Waals surface area contributed by atoms with E-state index < -0.39 is 0 Å². The Hall–Kier alpha value is -2.04. The van der Waals surface area contributed by atoms with Gasteiger partial charge in [0.2, 0.25) is 0 Å². The van der Waals surface area contributed by atoms with E-state index in [2.05, 4.69) is 52.2 Å². The molecular formula is C23H23NOS2. The smallest absolute Gasteiger partial charge is 0.116 e. The number of hydrogen-bond acceptors (Lipinski definition) is 4. The van der Waals surface area contributed by atoms with Crippen molar-refractivity contribution in [3.63, 3.8) is 0 Å². The highest BCUT2D eigenvalue weighted by Gasteiger charge is 2.48. The Morgan fingerprint density at radius 1 is 1.15 bits per heavy atom. The Bertz CT molecular complexity index is 974. The molecule has 5 rings (SSSR count). The highest BCUT2D eigenvalue weighted by atomic mass is 32.1. The van der Waals surface area contributed by atoms with Crippen LogP contribution in [0.5, 0.6) is 5.75 Å². The first-order valence-electron chi connectivity index (χ1n) is 9.51. The van der Waals surface area contributed by atoms with Crippen LogP contribution in [0.3, 0.4) is 0 Å². The van der Waals surface area contributed by atoms with E-state index >= 15 is 0 Å². The summed E-state index contributed by atoms with van der Waals surface area (Å²) in [5.41, 5.74) is 5.47. The van der Waals surface area contributed by atoms with E-state index in [1.807, 2.05) is 23.5 Å². The third-order valence-electron chi connectivity index (χ3n) is 6.08. The number of hydrogen-bond donors (Lipinski definition) is 1. The number of phenolic OH excluding ortho intramolecular Hbond substituents is 1. The Kier molecular flexibility index (Phi) is 4.14. The van der Waals surface area contributed by atoms with Crippen LogP contribution in [-0.4, -0.2) is 16.7 Å². The van der Waals surface area contributed by atoms with Crippen LogP contribution < -0.4 is 4.90 Å². The third kappa shape index (κ3) is 2.91. The summed E-state index contributed by atoms with van der Waals surface area (Å²) in [7, 11) is 0. The summed E-state index contributed by atoms with van der Waals surface area (Å²) in [5, 5.41) is 18.1. The van der Waals surface area contributed by atoms with Gasteiger partial charge in [-0.05, 0) is 95.8 Å². The maximum absolute atomic E-state index is 10.1.